The molecule has 124 valence electrons. The molecule has 3 rings (SSSR count). The van der Waals surface area contributed by atoms with Gasteiger partial charge in [0, 0.05) is 10.9 Å². The molecule has 2 aromatic heterocycles. The maximum absolute atomic E-state index is 12.0. The molecule has 24 heavy (non-hydrogen) atoms. The summed E-state index contributed by atoms with van der Waals surface area (Å²) in [6.07, 6.45) is 1.01. The second kappa shape index (κ2) is 7.45. The molecule has 0 radical (unpaired) electrons. The van der Waals surface area contributed by atoms with Crippen molar-refractivity contribution in [2.75, 3.05) is 16.8 Å². The maximum atomic E-state index is 12.0. The fourth-order valence-corrected chi connectivity index (χ4v) is 3.32. The van der Waals surface area contributed by atoms with Gasteiger partial charge < -0.3 is 11.1 Å². The standard InChI is InChI=1S/C15H16N6OS2/c1-2-9-3-5-10(6-4-9)11-7-23-14(17-11)18-12(22)8-24-15-19-13(16)20-21-15/h3-7H,2,8H2,1H3,(H,17,18,22)(H3,16,19,20,21). The van der Waals surface area contributed by atoms with E-state index in [4.69, 9.17) is 5.73 Å². The lowest BCUT2D eigenvalue weighted by Crippen LogP contribution is -2.13. The largest absolute Gasteiger partial charge is 0.368 e. The number of rotatable bonds is 6. The molecular formula is C15H16N6OS2. The van der Waals surface area contributed by atoms with Crippen LogP contribution in [0.25, 0.3) is 11.3 Å². The highest BCUT2D eigenvalue weighted by Gasteiger charge is 2.10. The van der Waals surface area contributed by atoms with Crippen LogP contribution in [0.1, 0.15) is 12.5 Å². The van der Waals surface area contributed by atoms with E-state index in [9.17, 15) is 4.79 Å². The molecule has 0 fully saturated rings. The van der Waals surface area contributed by atoms with Crippen molar-refractivity contribution in [1.82, 2.24) is 20.2 Å². The van der Waals surface area contributed by atoms with Gasteiger partial charge in [0.25, 0.3) is 0 Å². The fraction of sp³-hybridized carbons (Fsp3) is 0.200. The zero-order chi connectivity index (χ0) is 16.9. The van der Waals surface area contributed by atoms with Crippen LogP contribution in [0, 0.1) is 0 Å². The van der Waals surface area contributed by atoms with Crippen molar-refractivity contribution in [1.29, 1.82) is 0 Å². The molecule has 0 aliphatic carbocycles. The highest BCUT2D eigenvalue weighted by molar-refractivity contribution is 7.99. The van der Waals surface area contributed by atoms with E-state index in [-0.39, 0.29) is 17.6 Å². The Labute approximate surface area is 147 Å². The van der Waals surface area contributed by atoms with Crippen LogP contribution in [0.2, 0.25) is 0 Å². The van der Waals surface area contributed by atoms with Crippen molar-refractivity contribution in [2.24, 2.45) is 0 Å². The third-order valence-corrected chi connectivity index (χ3v) is 4.83. The number of H-pyrrole nitrogens is 1. The molecule has 1 amide bonds. The Kier molecular flexibility index (Phi) is 5.11. The first-order chi connectivity index (χ1) is 11.6. The number of amides is 1. The zero-order valence-electron chi connectivity index (χ0n) is 12.9. The molecule has 7 nitrogen and oxygen atoms in total. The van der Waals surface area contributed by atoms with E-state index in [2.05, 4.69) is 44.5 Å². The van der Waals surface area contributed by atoms with Gasteiger partial charge in [-0.3, -0.25) is 4.79 Å². The number of aromatic amines is 1. The molecule has 0 unspecified atom stereocenters. The van der Waals surface area contributed by atoms with Gasteiger partial charge in [0.2, 0.25) is 17.0 Å². The van der Waals surface area contributed by atoms with Crippen LogP contribution >= 0.6 is 23.1 Å². The molecular weight excluding hydrogens is 344 g/mol. The Balaban J connectivity index is 1.57. The van der Waals surface area contributed by atoms with E-state index in [0.29, 0.717) is 10.3 Å². The summed E-state index contributed by atoms with van der Waals surface area (Å²) in [4.78, 5) is 20.3. The van der Waals surface area contributed by atoms with Crippen molar-refractivity contribution >= 4 is 40.1 Å². The monoisotopic (exact) mass is 360 g/mol. The Morgan fingerprint density at radius 2 is 2.12 bits per heavy atom. The minimum Gasteiger partial charge on any atom is -0.368 e. The number of thioether (sulfide) groups is 1. The summed E-state index contributed by atoms with van der Waals surface area (Å²) in [5, 5.41) is 12.1. The molecule has 0 spiro atoms. The maximum Gasteiger partial charge on any atom is 0.236 e. The summed E-state index contributed by atoms with van der Waals surface area (Å²) >= 11 is 2.61. The van der Waals surface area contributed by atoms with Crippen molar-refractivity contribution in [2.45, 2.75) is 18.5 Å². The molecule has 3 aromatic rings. The predicted molar refractivity (Wildman–Crippen MR) is 97.1 cm³/mol. The van der Waals surface area contributed by atoms with Gasteiger partial charge in [-0.25, -0.2) is 10.1 Å². The summed E-state index contributed by atoms with van der Waals surface area (Å²) < 4.78 is 0. The number of hydrogen-bond donors (Lipinski definition) is 3. The highest BCUT2D eigenvalue weighted by atomic mass is 32.2. The number of nitrogens with zero attached hydrogens (tertiary/aromatic N) is 3. The third kappa shape index (κ3) is 4.12. The zero-order valence-corrected chi connectivity index (χ0v) is 14.6. The molecule has 1 aromatic carbocycles. The number of aryl methyl sites for hydroxylation is 1. The second-order valence-electron chi connectivity index (χ2n) is 4.93. The Morgan fingerprint density at radius 3 is 2.79 bits per heavy atom. The second-order valence-corrected chi connectivity index (χ2v) is 6.73. The number of anilines is 2. The summed E-state index contributed by atoms with van der Waals surface area (Å²) in [5.41, 5.74) is 8.61. The average molecular weight is 360 g/mol. The number of carbonyl (C=O) groups excluding carboxylic acids is 1. The molecule has 9 heteroatoms. The third-order valence-electron chi connectivity index (χ3n) is 3.22. The summed E-state index contributed by atoms with van der Waals surface area (Å²) in [6.45, 7) is 2.12. The number of nitrogen functional groups attached to an aromatic ring is 1. The van der Waals surface area contributed by atoms with Crippen LogP contribution in [0.3, 0.4) is 0 Å². The van der Waals surface area contributed by atoms with Crippen molar-refractivity contribution < 1.29 is 4.79 Å². The quantitative estimate of drug-likeness (QED) is 0.583. The normalized spacial score (nSPS) is 10.7. The number of thiazole rings is 1. The minimum absolute atomic E-state index is 0.161. The van der Waals surface area contributed by atoms with Crippen LogP contribution in [0.4, 0.5) is 11.1 Å². The molecule has 0 atom stereocenters. The Morgan fingerprint density at radius 1 is 1.33 bits per heavy atom. The van der Waals surface area contributed by atoms with Crippen LogP contribution in [-0.4, -0.2) is 31.8 Å². The van der Waals surface area contributed by atoms with E-state index in [1.165, 1.54) is 28.7 Å². The van der Waals surface area contributed by atoms with Crippen molar-refractivity contribution in [3.63, 3.8) is 0 Å². The first-order valence-corrected chi connectivity index (χ1v) is 9.16. The molecule has 0 aliphatic rings. The van der Waals surface area contributed by atoms with Gasteiger partial charge in [0.15, 0.2) is 5.13 Å². The van der Waals surface area contributed by atoms with E-state index in [0.717, 1.165) is 17.7 Å². The number of benzene rings is 1. The number of nitrogens with two attached hydrogens (primary N) is 1. The van der Waals surface area contributed by atoms with Crippen LogP contribution < -0.4 is 11.1 Å². The van der Waals surface area contributed by atoms with E-state index < -0.39 is 0 Å². The van der Waals surface area contributed by atoms with Crippen molar-refractivity contribution in [3.05, 3.63) is 35.2 Å². The molecule has 0 saturated heterocycles. The highest BCUT2D eigenvalue weighted by Crippen LogP contribution is 2.25. The summed E-state index contributed by atoms with van der Waals surface area (Å²) in [6, 6.07) is 8.27. The number of aromatic nitrogens is 4. The lowest BCUT2D eigenvalue weighted by Gasteiger charge is -2.00. The molecule has 2 heterocycles. The summed E-state index contributed by atoms with van der Waals surface area (Å²) in [7, 11) is 0. The van der Waals surface area contributed by atoms with Crippen LogP contribution in [0.15, 0.2) is 34.8 Å². The van der Waals surface area contributed by atoms with Gasteiger partial charge >= 0.3 is 0 Å². The molecule has 0 bridgehead atoms. The number of carbonyl (C=O) groups is 1. The molecule has 4 N–H and O–H groups in total. The Hall–Kier alpha value is -2.39. The minimum atomic E-state index is -0.161. The Bertz CT molecular complexity index is 827. The van der Waals surface area contributed by atoms with E-state index in [1.807, 2.05) is 17.5 Å². The smallest absolute Gasteiger partial charge is 0.236 e. The van der Waals surface area contributed by atoms with Gasteiger partial charge in [-0.05, 0) is 12.0 Å². The fourth-order valence-electron chi connectivity index (χ4n) is 1.98. The topological polar surface area (TPSA) is 110 Å². The van der Waals surface area contributed by atoms with Gasteiger partial charge in [-0.1, -0.05) is 43.0 Å². The predicted octanol–water partition coefficient (Wildman–Crippen LogP) is 2.80. The van der Waals surface area contributed by atoms with Gasteiger partial charge in [-0.2, -0.15) is 4.98 Å². The summed E-state index contributed by atoms with van der Waals surface area (Å²) in [5.74, 6) is 0.263. The van der Waals surface area contributed by atoms with Crippen LogP contribution in [0.5, 0.6) is 0 Å². The van der Waals surface area contributed by atoms with Gasteiger partial charge in [-0.15, -0.1) is 16.4 Å². The first-order valence-electron chi connectivity index (χ1n) is 7.29. The van der Waals surface area contributed by atoms with Crippen molar-refractivity contribution in [3.8, 4) is 11.3 Å². The number of hydrogen-bond acceptors (Lipinski definition) is 7. The molecule has 0 saturated carbocycles. The SMILES string of the molecule is CCc1ccc(-c2csc(NC(=O)CSc3n[nH]c(N)n3)n2)cc1. The lowest BCUT2D eigenvalue weighted by atomic mass is 10.1. The molecule has 0 aliphatic heterocycles. The lowest BCUT2D eigenvalue weighted by molar-refractivity contribution is -0.113. The average Bonchev–Trinajstić information content (AvgIpc) is 3.22. The van der Waals surface area contributed by atoms with E-state index >= 15 is 0 Å². The van der Waals surface area contributed by atoms with Gasteiger partial charge in [0.1, 0.15) is 0 Å². The number of nitrogens with one attached hydrogen (secondary N) is 2. The first kappa shape index (κ1) is 16.5. The van der Waals surface area contributed by atoms with Crippen LogP contribution in [-0.2, 0) is 11.2 Å². The van der Waals surface area contributed by atoms with E-state index in [1.54, 1.807) is 0 Å². The van der Waals surface area contributed by atoms with Gasteiger partial charge in [0.05, 0.1) is 11.4 Å².